The van der Waals surface area contributed by atoms with E-state index in [2.05, 4.69) is 20.1 Å². The Morgan fingerprint density at radius 2 is 2.08 bits per heavy atom. The highest BCUT2D eigenvalue weighted by atomic mass is 16.6. The van der Waals surface area contributed by atoms with Gasteiger partial charge in [0.15, 0.2) is 5.76 Å². The summed E-state index contributed by atoms with van der Waals surface area (Å²) in [6, 6.07) is 5.25. The molecule has 0 aromatic carbocycles. The quantitative estimate of drug-likeness (QED) is 0.701. The summed E-state index contributed by atoms with van der Waals surface area (Å²) >= 11 is 0. The minimum atomic E-state index is -0.116. The molecule has 0 spiro atoms. The van der Waals surface area contributed by atoms with Crippen molar-refractivity contribution >= 4 is 17.5 Å². The van der Waals surface area contributed by atoms with Gasteiger partial charge >= 0.3 is 0 Å². The summed E-state index contributed by atoms with van der Waals surface area (Å²) < 4.78 is 12.6. The van der Waals surface area contributed by atoms with Gasteiger partial charge in [0.1, 0.15) is 12.1 Å². The van der Waals surface area contributed by atoms with Crippen LogP contribution in [0.1, 0.15) is 17.5 Å². The van der Waals surface area contributed by atoms with Crippen LogP contribution in [0.15, 0.2) is 35.1 Å². The average molecular weight is 342 g/mol. The molecule has 0 radical (unpaired) electrons. The fourth-order valence-electron chi connectivity index (χ4n) is 2.94. The molecule has 0 N–H and O–H groups in total. The van der Waals surface area contributed by atoms with Crippen LogP contribution in [-0.2, 0) is 0 Å². The number of hydrogen-bond donors (Lipinski definition) is 0. The topological polar surface area (TPSA) is 89.0 Å². The molecule has 1 aliphatic heterocycles. The predicted octanol–water partition coefficient (Wildman–Crippen LogP) is 1.08. The van der Waals surface area contributed by atoms with Crippen LogP contribution in [0.3, 0.4) is 0 Å². The number of rotatable bonds is 4. The average Bonchev–Trinajstić information content (AvgIpc) is 3.30. The lowest BCUT2D eigenvalue weighted by Gasteiger charge is -2.35. The number of anilines is 1. The molecule has 4 rings (SSSR count). The predicted molar refractivity (Wildman–Crippen MR) is 88.8 cm³/mol. The molecule has 0 saturated carbocycles. The van der Waals surface area contributed by atoms with Gasteiger partial charge in [0.2, 0.25) is 0 Å². The SMILES string of the molecule is CCOc1ccc(C(=O)N2CCN(c3ccnc4nncn34)CC2)o1. The smallest absolute Gasteiger partial charge is 0.289 e. The van der Waals surface area contributed by atoms with Gasteiger partial charge in [0.25, 0.3) is 17.6 Å². The van der Waals surface area contributed by atoms with E-state index in [9.17, 15) is 4.79 Å². The Morgan fingerprint density at radius 1 is 1.24 bits per heavy atom. The van der Waals surface area contributed by atoms with Gasteiger partial charge in [-0.2, -0.15) is 0 Å². The van der Waals surface area contributed by atoms with Gasteiger partial charge in [-0.1, -0.05) is 0 Å². The first-order chi connectivity index (χ1) is 12.3. The maximum Gasteiger partial charge on any atom is 0.289 e. The molecule has 9 heteroatoms. The van der Waals surface area contributed by atoms with Gasteiger partial charge in [0, 0.05) is 38.4 Å². The van der Waals surface area contributed by atoms with E-state index in [-0.39, 0.29) is 5.91 Å². The van der Waals surface area contributed by atoms with Gasteiger partial charge in [0.05, 0.1) is 6.61 Å². The molecule has 1 saturated heterocycles. The van der Waals surface area contributed by atoms with Gasteiger partial charge in [-0.15, -0.1) is 10.2 Å². The van der Waals surface area contributed by atoms with Crippen molar-refractivity contribution in [2.75, 3.05) is 37.7 Å². The maximum absolute atomic E-state index is 12.6. The van der Waals surface area contributed by atoms with E-state index in [1.165, 1.54) is 0 Å². The second kappa shape index (κ2) is 6.42. The number of nitrogens with zero attached hydrogens (tertiary/aromatic N) is 6. The summed E-state index contributed by atoms with van der Waals surface area (Å²) in [7, 11) is 0. The molecule has 9 nitrogen and oxygen atoms in total. The molecule has 0 aliphatic carbocycles. The maximum atomic E-state index is 12.6. The van der Waals surface area contributed by atoms with Crippen LogP contribution in [0.5, 0.6) is 5.95 Å². The summed E-state index contributed by atoms with van der Waals surface area (Å²) in [5, 5.41) is 7.85. The summed E-state index contributed by atoms with van der Waals surface area (Å²) in [6.45, 7) is 5.01. The van der Waals surface area contributed by atoms with Gasteiger partial charge in [-0.05, 0) is 19.1 Å². The lowest BCUT2D eigenvalue weighted by atomic mass is 10.3. The molecule has 3 aromatic heterocycles. The largest absolute Gasteiger partial charge is 0.465 e. The van der Waals surface area contributed by atoms with E-state index in [4.69, 9.17) is 9.15 Å². The second-order valence-electron chi connectivity index (χ2n) is 5.63. The molecule has 1 aliphatic rings. The highest BCUT2D eigenvalue weighted by Crippen LogP contribution is 2.20. The minimum absolute atomic E-state index is 0.116. The molecule has 3 aromatic rings. The van der Waals surface area contributed by atoms with Crippen molar-refractivity contribution in [2.24, 2.45) is 0 Å². The Hall–Kier alpha value is -3.10. The van der Waals surface area contributed by atoms with Crippen molar-refractivity contribution in [1.29, 1.82) is 0 Å². The Labute approximate surface area is 143 Å². The van der Waals surface area contributed by atoms with Crippen LogP contribution < -0.4 is 9.64 Å². The first-order valence-corrected chi connectivity index (χ1v) is 8.18. The minimum Gasteiger partial charge on any atom is -0.465 e. The van der Waals surface area contributed by atoms with E-state index >= 15 is 0 Å². The van der Waals surface area contributed by atoms with E-state index in [1.54, 1.807) is 29.6 Å². The van der Waals surface area contributed by atoms with Crippen molar-refractivity contribution < 1.29 is 13.9 Å². The van der Waals surface area contributed by atoms with Gasteiger partial charge < -0.3 is 19.0 Å². The van der Waals surface area contributed by atoms with Gasteiger partial charge in [-0.3, -0.25) is 9.20 Å². The Balaban J connectivity index is 1.44. The first-order valence-electron chi connectivity index (χ1n) is 8.18. The zero-order valence-corrected chi connectivity index (χ0v) is 13.8. The first kappa shape index (κ1) is 15.4. The fourth-order valence-corrected chi connectivity index (χ4v) is 2.94. The summed E-state index contributed by atoms with van der Waals surface area (Å²) in [5.41, 5.74) is 0. The molecular weight excluding hydrogens is 324 g/mol. The molecule has 0 atom stereocenters. The Morgan fingerprint density at radius 3 is 2.88 bits per heavy atom. The van der Waals surface area contributed by atoms with Crippen LogP contribution >= 0.6 is 0 Å². The second-order valence-corrected chi connectivity index (χ2v) is 5.63. The van der Waals surface area contributed by atoms with Crippen LogP contribution in [0, 0.1) is 0 Å². The van der Waals surface area contributed by atoms with Gasteiger partial charge in [-0.25, -0.2) is 4.98 Å². The molecule has 4 heterocycles. The highest BCUT2D eigenvalue weighted by Gasteiger charge is 2.25. The van der Waals surface area contributed by atoms with Crippen molar-refractivity contribution in [3.63, 3.8) is 0 Å². The van der Waals surface area contributed by atoms with Crippen LogP contribution in [0.25, 0.3) is 5.78 Å². The number of carbonyl (C=O) groups is 1. The number of carbonyl (C=O) groups excluding carboxylic acids is 1. The third-order valence-corrected chi connectivity index (χ3v) is 4.16. The zero-order chi connectivity index (χ0) is 17.2. The standard InChI is InChI=1S/C16H18N6O3/c1-2-24-14-4-3-12(25-14)15(23)21-9-7-20(8-10-21)13-5-6-17-16-19-18-11-22(13)16/h3-6,11H,2,7-10H2,1H3. The molecule has 130 valence electrons. The molecule has 0 unspecified atom stereocenters. The molecule has 1 amide bonds. The Bertz CT molecular complexity index is 881. The van der Waals surface area contributed by atoms with Crippen LogP contribution in [0.2, 0.25) is 0 Å². The Kier molecular flexibility index (Phi) is 3.96. The number of ether oxygens (including phenoxy) is 1. The van der Waals surface area contributed by atoms with E-state index in [0.29, 0.717) is 50.3 Å². The normalized spacial score (nSPS) is 14.9. The third kappa shape index (κ3) is 2.88. The molecule has 0 bridgehead atoms. The lowest BCUT2D eigenvalue weighted by Crippen LogP contribution is -2.49. The number of hydrogen-bond acceptors (Lipinski definition) is 7. The van der Waals surface area contributed by atoms with E-state index in [1.807, 2.05) is 17.4 Å². The molecule has 1 fully saturated rings. The monoisotopic (exact) mass is 342 g/mol. The number of fused-ring (bicyclic) bond motifs is 1. The number of amides is 1. The summed E-state index contributed by atoms with van der Waals surface area (Å²) in [5.74, 6) is 2.10. The van der Waals surface area contributed by atoms with E-state index in [0.717, 1.165) is 5.82 Å². The van der Waals surface area contributed by atoms with Crippen molar-refractivity contribution in [3.05, 3.63) is 36.5 Å². The van der Waals surface area contributed by atoms with Crippen molar-refractivity contribution in [2.45, 2.75) is 6.92 Å². The zero-order valence-electron chi connectivity index (χ0n) is 13.8. The molecular formula is C16H18N6O3. The lowest BCUT2D eigenvalue weighted by molar-refractivity contribution is 0.0706. The van der Waals surface area contributed by atoms with E-state index < -0.39 is 0 Å². The molecule has 25 heavy (non-hydrogen) atoms. The van der Waals surface area contributed by atoms with Crippen molar-refractivity contribution in [3.8, 4) is 5.95 Å². The number of piperazine rings is 1. The number of aromatic nitrogens is 4. The van der Waals surface area contributed by atoms with Crippen LogP contribution in [-0.4, -0.2) is 63.2 Å². The fraction of sp³-hybridized carbons (Fsp3) is 0.375. The summed E-state index contributed by atoms with van der Waals surface area (Å²) in [4.78, 5) is 20.7. The third-order valence-electron chi connectivity index (χ3n) is 4.16. The van der Waals surface area contributed by atoms with Crippen molar-refractivity contribution in [1.82, 2.24) is 24.5 Å². The number of furan rings is 1. The van der Waals surface area contributed by atoms with Crippen LogP contribution in [0.4, 0.5) is 5.82 Å². The highest BCUT2D eigenvalue weighted by molar-refractivity contribution is 5.91. The summed E-state index contributed by atoms with van der Waals surface area (Å²) in [6.07, 6.45) is 3.36.